The Morgan fingerprint density at radius 1 is 0.889 bits per heavy atom. The lowest BCUT2D eigenvalue weighted by molar-refractivity contribution is -0.0516. The zero-order valence-corrected chi connectivity index (χ0v) is 24.4. The minimum absolute atomic E-state index is 0.436. The van der Waals surface area contributed by atoms with Gasteiger partial charge in [-0.3, -0.25) is 0 Å². The highest BCUT2D eigenvalue weighted by atomic mass is 14.9. The summed E-state index contributed by atoms with van der Waals surface area (Å²) in [7, 11) is 0. The lowest BCUT2D eigenvalue weighted by atomic mass is 9.47. The highest BCUT2D eigenvalue weighted by molar-refractivity contribution is 5.26. The Labute approximate surface area is 223 Å². The van der Waals surface area contributed by atoms with Gasteiger partial charge in [-0.15, -0.1) is 0 Å². The Hall–Kier alpha value is -1.08. The average Bonchev–Trinajstić information content (AvgIpc) is 3.22. The summed E-state index contributed by atoms with van der Waals surface area (Å²) in [5.41, 5.74) is 4.29. The maximum Gasteiger partial charge on any atom is 0.0294 e. The Kier molecular flexibility index (Phi) is 7.80. The van der Waals surface area contributed by atoms with Gasteiger partial charge in [-0.2, -0.15) is 0 Å². The highest BCUT2D eigenvalue weighted by Crippen LogP contribution is 2.67. The van der Waals surface area contributed by atoms with Crippen LogP contribution in [-0.4, -0.2) is 6.04 Å². The van der Waals surface area contributed by atoms with Gasteiger partial charge in [-0.1, -0.05) is 95.9 Å². The summed E-state index contributed by atoms with van der Waals surface area (Å²) < 4.78 is 0. The fraction of sp³-hybridized carbons (Fsp3) is 0.771. The van der Waals surface area contributed by atoms with Gasteiger partial charge in [0.25, 0.3) is 0 Å². The van der Waals surface area contributed by atoms with Crippen LogP contribution < -0.4 is 5.32 Å². The number of fused-ring (bicyclic) bond motifs is 5. The summed E-state index contributed by atoms with van der Waals surface area (Å²) in [6.45, 7) is 15.1. The molecule has 200 valence electrons. The molecule has 3 fully saturated rings. The van der Waals surface area contributed by atoms with Gasteiger partial charge in [-0.25, -0.2) is 0 Å². The van der Waals surface area contributed by atoms with Crippen molar-refractivity contribution in [1.29, 1.82) is 0 Å². The van der Waals surface area contributed by atoms with Crippen LogP contribution in [0.4, 0.5) is 0 Å². The normalized spacial score (nSPS) is 39.6. The Morgan fingerprint density at radius 3 is 2.42 bits per heavy atom. The van der Waals surface area contributed by atoms with Gasteiger partial charge in [0.2, 0.25) is 0 Å². The topological polar surface area (TPSA) is 12.0 Å². The van der Waals surface area contributed by atoms with Crippen molar-refractivity contribution >= 4 is 0 Å². The van der Waals surface area contributed by atoms with Crippen LogP contribution in [0.1, 0.15) is 124 Å². The first-order chi connectivity index (χ1) is 17.2. The quantitative estimate of drug-likeness (QED) is 0.358. The molecule has 0 aromatic heterocycles. The number of benzene rings is 1. The largest absolute Gasteiger partial charge is 0.307 e. The van der Waals surface area contributed by atoms with E-state index in [1.807, 2.05) is 5.57 Å². The molecule has 4 aliphatic rings. The molecule has 3 saturated carbocycles. The maximum atomic E-state index is 4.00. The van der Waals surface area contributed by atoms with Crippen molar-refractivity contribution < 1.29 is 0 Å². The Balaban J connectivity index is 1.25. The summed E-state index contributed by atoms with van der Waals surface area (Å²) in [6, 6.07) is 12.1. The molecule has 0 saturated heterocycles. The van der Waals surface area contributed by atoms with Crippen molar-refractivity contribution in [2.45, 2.75) is 124 Å². The van der Waals surface area contributed by atoms with Gasteiger partial charge in [0.15, 0.2) is 0 Å². The molecule has 0 heterocycles. The van der Waals surface area contributed by atoms with Crippen molar-refractivity contribution in [2.24, 2.45) is 46.3 Å². The minimum atomic E-state index is 0.436. The first-order valence-electron chi connectivity index (χ1n) is 15.7. The fourth-order valence-electron chi connectivity index (χ4n) is 10.0. The second kappa shape index (κ2) is 10.6. The van der Waals surface area contributed by atoms with Crippen LogP contribution in [-0.2, 0) is 0 Å². The molecule has 1 N–H and O–H groups in total. The molecular formula is C35H55N. The lowest BCUT2D eigenvalue weighted by Crippen LogP contribution is -2.51. The number of hydrogen-bond donors (Lipinski definition) is 1. The van der Waals surface area contributed by atoms with Crippen LogP contribution in [0.15, 0.2) is 42.0 Å². The smallest absolute Gasteiger partial charge is 0.0294 e. The van der Waals surface area contributed by atoms with Crippen LogP contribution >= 0.6 is 0 Å². The molecule has 9 atom stereocenters. The Bertz CT molecular complexity index is 900. The molecule has 4 aliphatic carbocycles. The SMILES string of the molecule is CC(C)CCC[C@@H](C)[C@H]1CC[C@H]2[C@@H]3CC=C4C[C@@H](NC(C)c5ccccc5)CC[C@]4(C)[C@H]3CC[C@]12C. The maximum absolute atomic E-state index is 4.00. The van der Waals surface area contributed by atoms with Crippen LogP contribution in [0.5, 0.6) is 0 Å². The average molecular weight is 490 g/mol. The monoisotopic (exact) mass is 489 g/mol. The van der Waals surface area contributed by atoms with E-state index in [0.29, 0.717) is 22.9 Å². The first kappa shape index (κ1) is 26.5. The molecule has 1 aromatic carbocycles. The van der Waals surface area contributed by atoms with Crippen LogP contribution in [0, 0.1) is 46.3 Å². The standard InChI is InChI=1S/C35H55N/c1-24(2)11-10-12-25(3)31-17-18-32-30-16-15-28-23-29(36-26(4)27-13-8-7-9-14-27)19-21-34(28,5)33(30)20-22-35(31,32)6/h7-9,13-15,24-26,29-33,36H,10-12,16-23H2,1-6H3/t25-,26?,29+,30+,31-,32+,33+,34+,35-/m1/s1. The summed E-state index contributed by atoms with van der Waals surface area (Å²) >= 11 is 0. The zero-order chi connectivity index (χ0) is 25.5. The second-order valence-electron chi connectivity index (χ2n) is 14.5. The lowest BCUT2D eigenvalue weighted by Gasteiger charge is -2.58. The van der Waals surface area contributed by atoms with Crippen LogP contribution in [0.3, 0.4) is 0 Å². The van der Waals surface area contributed by atoms with Gasteiger partial charge in [0.05, 0.1) is 0 Å². The number of allylic oxidation sites excluding steroid dienone is 1. The molecule has 0 spiro atoms. The van der Waals surface area contributed by atoms with Gasteiger partial charge < -0.3 is 5.32 Å². The van der Waals surface area contributed by atoms with Crippen molar-refractivity contribution in [1.82, 2.24) is 5.32 Å². The van der Waals surface area contributed by atoms with E-state index in [1.165, 1.54) is 76.2 Å². The van der Waals surface area contributed by atoms with Crippen LogP contribution in [0.2, 0.25) is 0 Å². The summed E-state index contributed by atoms with van der Waals surface area (Å²) in [6.07, 6.45) is 18.4. The van der Waals surface area contributed by atoms with Gasteiger partial charge in [-0.05, 0) is 110 Å². The van der Waals surface area contributed by atoms with Crippen molar-refractivity contribution in [3.8, 4) is 0 Å². The summed E-state index contributed by atoms with van der Waals surface area (Å²) in [5.74, 6) is 5.57. The third kappa shape index (κ3) is 4.88. The number of rotatable bonds is 8. The van der Waals surface area contributed by atoms with E-state index in [-0.39, 0.29) is 0 Å². The molecule has 0 amide bonds. The Morgan fingerprint density at radius 2 is 1.67 bits per heavy atom. The predicted molar refractivity (Wildman–Crippen MR) is 155 cm³/mol. The van der Waals surface area contributed by atoms with E-state index in [1.54, 1.807) is 0 Å². The first-order valence-corrected chi connectivity index (χ1v) is 15.7. The third-order valence-corrected chi connectivity index (χ3v) is 12.1. The molecule has 0 radical (unpaired) electrons. The summed E-state index contributed by atoms with van der Waals surface area (Å²) in [4.78, 5) is 0. The van der Waals surface area contributed by atoms with Crippen molar-refractivity contribution in [2.75, 3.05) is 0 Å². The van der Waals surface area contributed by atoms with E-state index < -0.39 is 0 Å². The summed E-state index contributed by atoms with van der Waals surface area (Å²) in [5, 5.41) is 4.00. The molecule has 36 heavy (non-hydrogen) atoms. The molecule has 1 unspecified atom stereocenters. The van der Waals surface area contributed by atoms with Crippen molar-refractivity contribution in [3.63, 3.8) is 0 Å². The van der Waals surface area contributed by atoms with E-state index in [4.69, 9.17) is 0 Å². The second-order valence-corrected chi connectivity index (χ2v) is 14.5. The molecule has 0 aliphatic heterocycles. The molecule has 1 heteroatoms. The third-order valence-electron chi connectivity index (χ3n) is 12.1. The molecular weight excluding hydrogens is 434 g/mol. The van der Waals surface area contributed by atoms with E-state index in [9.17, 15) is 0 Å². The predicted octanol–water partition coefficient (Wildman–Crippen LogP) is 9.75. The van der Waals surface area contributed by atoms with E-state index in [2.05, 4.69) is 83.3 Å². The van der Waals surface area contributed by atoms with E-state index in [0.717, 1.165) is 35.5 Å². The zero-order valence-electron chi connectivity index (χ0n) is 24.4. The number of hydrogen-bond acceptors (Lipinski definition) is 1. The van der Waals surface area contributed by atoms with Crippen LogP contribution in [0.25, 0.3) is 0 Å². The molecule has 0 bridgehead atoms. The highest BCUT2D eigenvalue weighted by Gasteiger charge is 2.59. The molecule has 1 aromatic rings. The van der Waals surface area contributed by atoms with Gasteiger partial charge in [0, 0.05) is 12.1 Å². The fourth-order valence-corrected chi connectivity index (χ4v) is 10.0. The molecule has 5 rings (SSSR count). The van der Waals surface area contributed by atoms with Gasteiger partial charge in [0.1, 0.15) is 0 Å². The number of nitrogens with one attached hydrogen (secondary N) is 1. The van der Waals surface area contributed by atoms with Crippen molar-refractivity contribution in [3.05, 3.63) is 47.5 Å². The van der Waals surface area contributed by atoms with E-state index >= 15 is 0 Å². The minimum Gasteiger partial charge on any atom is -0.307 e. The molecule has 1 nitrogen and oxygen atoms in total. The van der Waals surface area contributed by atoms with Gasteiger partial charge >= 0.3 is 0 Å².